The number of nitrogens with zero attached hydrogens (tertiary/aromatic N) is 4. The van der Waals surface area contributed by atoms with Gasteiger partial charge in [0.2, 0.25) is 0 Å². The van der Waals surface area contributed by atoms with Gasteiger partial charge in [-0.05, 0) is 64.7 Å². The molecular weight excluding hydrogens is 546 g/mol. The highest BCUT2D eigenvalue weighted by Crippen LogP contribution is 2.33. The lowest BCUT2D eigenvalue weighted by Gasteiger charge is -2.38. The first-order valence-electron chi connectivity index (χ1n) is 14.8. The predicted octanol–water partition coefficient (Wildman–Crippen LogP) is 4.46. The summed E-state index contributed by atoms with van der Waals surface area (Å²) in [5.74, 6) is 0.945. The van der Waals surface area contributed by atoms with Crippen LogP contribution in [-0.4, -0.2) is 57.9 Å². The van der Waals surface area contributed by atoms with Gasteiger partial charge in [-0.15, -0.1) is 0 Å². The lowest BCUT2D eigenvalue weighted by Crippen LogP contribution is -2.49. The van der Waals surface area contributed by atoms with Crippen molar-refractivity contribution in [2.45, 2.75) is 84.2 Å². The number of hydrogen-bond donors (Lipinski definition) is 3. The average Bonchev–Trinajstić information content (AvgIpc) is 2.98. The number of benzene rings is 1. The first kappa shape index (κ1) is 31.7. The van der Waals surface area contributed by atoms with Crippen LogP contribution in [0.3, 0.4) is 0 Å². The Labute approximate surface area is 253 Å². The molecule has 0 spiro atoms. The van der Waals surface area contributed by atoms with Crippen molar-refractivity contribution in [3.05, 3.63) is 77.4 Å². The van der Waals surface area contributed by atoms with Gasteiger partial charge >= 0.3 is 12.1 Å². The van der Waals surface area contributed by atoms with E-state index in [2.05, 4.69) is 44.6 Å². The van der Waals surface area contributed by atoms with E-state index in [1.54, 1.807) is 20.8 Å². The lowest BCUT2D eigenvalue weighted by atomic mass is 9.90. The second kappa shape index (κ2) is 14.3. The van der Waals surface area contributed by atoms with E-state index in [1.165, 1.54) is 6.33 Å². The van der Waals surface area contributed by atoms with Gasteiger partial charge < -0.3 is 30.7 Å². The molecule has 1 aliphatic rings. The summed E-state index contributed by atoms with van der Waals surface area (Å²) < 4.78 is 10.9. The molecule has 3 aromatic rings. The molecule has 1 amide bonds. The summed E-state index contributed by atoms with van der Waals surface area (Å²) in [5.41, 5.74) is 9.72. The van der Waals surface area contributed by atoms with E-state index in [4.69, 9.17) is 20.2 Å². The first-order chi connectivity index (χ1) is 20.5. The van der Waals surface area contributed by atoms with Crippen LogP contribution < -0.4 is 21.3 Å². The minimum atomic E-state index is -1.02. The Kier molecular flexibility index (Phi) is 10.5. The van der Waals surface area contributed by atoms with Crippen molar-refractivity contribution in [2.24, 2.45) is 5.73 Å². The fourth-order valence-electron chi connectivity index (χ4n) is 5.03. The van der Waals surface area contributed by atoms with E-state index in [0.29, 0.717) is 5.82 Å². The number of piperidine rings is 1. The second-order valence-electron chi connectivity index (χ2n) is 11.7. The van der Waals surface area contributed by atoms with Crippen LogP contribution in [-0.2, 0) is 27.3 Å². The van der Waals surface area contributed by atoms with Crippen molar-refractivity contribution in [3.63, 3.8) is 0 Å². The van der Waals surface area contributed by atoms with Gasteiger partial charge in [0.25, 0.3) is 0 Å². The Hall–Kier alpha value is -4.25. The number of hydrogen-bond acceptors (Lipinski definition) is 10. The molecule has 11 nitrogen and oxygen atoms in total. The van der Waals surface area contributed by atoms with Gasteiger partial charge in [0, 0.05) is 36.0 Å². The van der Waals surface area contributed by atoms with Crippen LogP contribution in [0.1, 0.15) is 69.0 Å². The van der Waals surface area contributed by atoms with Crippen LogP contribution in [0.4, 0.5) is 16.4 Å². The summed E-state index contributed by atoms with van der Waals surface area (Å²) in [7, 11) is 0. The molecule has 4 N–H and O–H groups in total. The Morgan fingerprint density at radius 3 is 2.58 bits per heavy atom. The quantitative estimate of drug-likeness (QED) is 0.290. The molecule has 3 heterocycles. The molecule has 0 radical (unpaired) electrons. The largest absolute Gasteiger partial charge is 0.458 e. The van der Waals surface area contributed by atoms with Gasteiger partial charge in [0.05, 0.1) is 6.17 Å². The molecule has 3 unspecified atom stereocenters. The van der Waals surface area contributed by atoms with E-state index in [0.717, 1.165) is 54.1 Å². The SMILES string of the molecule is CCc1cccc(C2CCN(c3ncnc(NCC(NC(=O)OCc4ccccc4)C(=O)OC(C)(C)C)c3C)C(N)C2)n1. The van der Waals surface area contributed by atoms with Gasteiger partial charge in [-0.3, -0.25) is 4.98 Å². The molecule has 1 aromatic carbocycles. The molecule has 230 valence electrons. The van der Waals surface area contributed by atoms with E-state index in [-0.39, 0.29) is 25.2 Å². The number of nitrogens with one attached hydrogen (secondary N) is 2. The summed E-state index contributed by atoms with van der Waals surface area (Å²) in [6.45, 7) is 10.1. The number of carbonyl (C=O) groups excluding carboxylic acids is 2. The molecule has 1 aliphatic heterocycles. The van der Waals surface area contributed by atoms with Crippen LogP contribution in [0, 0.1) is 6.92 Å². The third-order valence-corrected chi connectivity index (χ3v) is 7.25. The molecule has 11 heteroatoms. The van der Waals surface area contributed by atoms with Crippen LogP contribution in [0.2, 0.25) is 0 Å². The number of esters is 1. The van der Waals surface area contributed by atoms with Crippen molar-refractivity contribution in [2.75, 3.05) is 23.3 Å². The molecule has 1 saturated heterocycles. The van der Waals surface area contributed by atoms with E-state index < -0.39 is 23.7 Å². The van der Waals surface area contributed by atoms with E-state index in [1.807, 2.05) is 43.3 Å². The summed E-state index contributed by atoms with van der Waals surface area (Å²) in [5, 5.41) is 5.84. The molecule has 43 heavy (non-hydrogen) atoms. The van der Waals surface area contributed by atoms with Crippen LogP contribution in [0.15, 0.2) is 54.9 Å². The average molecular weight is 590 g/mol. The van der Waals surface area contributed by atoms with Crippen molar-refractivity contribution < 1.29 is 19.1 Å². The minimum absolute atomic E-state index is 0.0280. The molecule has 0 saturated carbocycles. The number of rotatable bonds is 10. The second-order valence-corrected chi connectivity index (χ2v) is 11.7. The van der Waals surface area contributed by atoms with Gasteiger partial charge in [0.15, 0.2) is 0 Å². The number of aromatic nitrogens is 3. The number of aryl methyl sites for hydroxylation is 1. The van der Waals surface area contributed by atoms with Gasteiger partial charge in [0.1, 0.15) is 36.2 Å². The Balaban J connectivity index is 1.42. The van der Waals surface area contributed by atoms with E-state index in [9.17, 15) is 9.59 Å². The minimum Gasteiger partial charge on any atom is -0.458 e. The maximum Gasteiger partial charge on any atom is 0.408 e. The molecule has 2 aromatic heterocycles. The van der Waals surface area contributed by atoms with Crippen LogP contribution >= 0.6 is 0 Å². The predicted molar refractivity (Wildman–Crippen MR) is 166 cm³/mol. The Morgan fingerprint density at radius 2 is 1.88 bits per heavy atom. The number of ether oxygens (including phenoxy) is 2. The summed E-state index contributed by atoms with van der Waals surface area (Å²) in [6.07, 6.45) is 3.04. The number of carbonyl (C=O) groups is 2. The number of amides is 1. The molecule has 4 rings (SSSR count). The zero-order valence-electron chi connectivity index (χ0n) is 25.7. The molecule has 0 aliphatic carbocycles. The van der Waals surface area contributed by atoms with Crippen molar-refractivity contribution in [3.8, 4) is 0 Å². The highest BCUT2D eigenvalue weighted by Gasteiger charge is 2.31. The Morgan fingerprint density at radius 1 is 1.12 bits per heavy atom. The normalized spacial score (nSPS) is 17.6. The smallest absolute Gasteiger partial charge is 0.408 e. The highest BCUT2D eigenvalue weighted by molar-refractivity contribution is 5.82. The Bertz CT molecular complexity index is 1380. The van der Waals surface area contributed by atoms with Gasteiger partial charge in [-0.1, -0.05) is 43.3 Å². The standard InChI is InChI=1S/C32H43N7O4/c1-6-24-13-10-14-25(37-24)23-15-16-39(27(33)17-23)29-21(2)28(35-20-36-29)34-18-26(30(40)43-32(3,4)5)38-31(41)42-19-22-11-8-7-9-12-22/h7-14,20,23,26-27H,6,15-19,33H2,1-5H3,(H,38,41)(H,34,35,36). The fraction of sp³-hybridized carbons (Fsp3) is 0.469. The summed E-state index contributed by atoms with van der Waals surface area (Å²) in [4.78, 5) is 41.5. The van der Waals surface area contributed by atoms with Crippen molar-refractivity contribution in [1.29, 1.82) is 0 Å². The van der Waals surface area contributed by atoms with Gasteiger partial charge in [-0.2, -0.15) is 0 Å². The van der Waals surface area contributed by atoms with Gasteiger partial charge in [-0.25, -0.2) is 19.6 Å². The van der Waals surface area contributed by atoms with E-state index >= 15 is 0 Å². The van der Waals surface area contributed by atoms with Crippen molar-refractivity contribution in [1.82, 2.24) is 20.3 Å². The third-order valence-electron chi connectivity index (χ3n) is 7.25. The number of alkyl carbamates (subject to hydrolysis) is 1. The monoisotopic (exact) mass is 589 g/mol. The number of anilines is 2. The summed E-state index contributed by atoms with van der Waals surface area (Å²) in [6, 6.07) is 14.5. The number of pyridine rings is 1. The van der Waals surface area contributed by atoms with Crippen molar-refractivity contribution >= 4 is 23.7 Å². The maximum absolute atomic E-state index is 13.0. The zero-order valence-corrected chi connectivity index (χ0v) is 25.7. The molecular formula is C32H43N7O4. The van der Waals surface area contributed by atoms with Crippen LogP contribution in [0.25, 0.3) is 0 Å². The first-order valence-corrected chi connectivity index (χ1v) is 14.8. The highest BCUT2D eigenvalue weighted by atomic mass is 16.6. The summed E-state index contributed by atoms with van der Waals surface area (Å²) >= 11 is 0. The number of nitrogens with two attached hydrogens (primary N) is 1. The molecule has 3 atom stereocenters. The fourth-order valence-corrected chi connectivity index (χ4v) is 5.03. The zero-order chi connectivity index (χ0) is 31.0. The van der Waals surface area contributed by atoms with Crippen LogP contribution in [0.5, 0.6) is 0 Å². The maximum atomic E-state index is 13.0. The third kappa shape index (κ3) is 8.87. The lowest BCUT2D eigenvalue weighted by molar-refractivity contribution is -0.156. The molecule has 0 bridgehead atoms. The molecule has 1 fully saturated rings. The topological polar surface area (TPSA) is 145 Å².